The van der Waals surface area contributed by atoms with E-state index in [1.54, 1.807) is 0 Å². The van der Waals surface area contributed by atoms with Crippen molar-refractivity contribution in [3.05, 3.63) is 71.9 Å². The topological polar surface area (TPSA) is 59.7 Å². The molecule has 4 rings (SSSR count). The fraction of sp³-hybridized carbons (Fsp3) is 0.321. The summed E-state index contributed by atoms with van der Waals surface area (Å²) in [6.07, 6.45) is 1.21. The highest BCUT2D eigenvalue weighted by Crippen LogP contribution is 2.31. The van der Waals surface area contributed by atoms with Crippen LogP contribution in [0.15, 0.2) is 60.7 Å². The Morgan fingerprint density at radius 1 is 0.971 bits per heavy atom. The molecule has 2 heterocycles. The van der Waals surface area contributed by atoms with Crippen molar-refractivity contribution < 1.29 is 9.53 Å². The number of hydrogen-bond donors (Lipinski definition) is 0. The Balaban J connectivity index is 1.88. The molecule has 2 aromatic carbocycles. The van der Waals surface area contributed by atoms with Crippen molar-refractivity contribution in [2.45, 2.75) is 40.5 Å². The summed E-state index contributed by atoms with van der Waals surface area (Å²) in [5, 5.41) is 5.00. The lowest BCUT2D eigenvalue weighted by Crippen LogP contribution is -2.31. The monoisotopic (exact) mass is 456 g/mol. The van der Waals surface area contributed by atoms with Gasteiger partial charge >= 0.3 is 0 Å². The Hall–Kier alpha value is -3.67. The van der Waals surface area contributed by atoms with Gasteiger partial charge in [-0.15, -0.1) is 0 Å². The molecule has 6 heteroatoms. The van der Waals surface area contributed by atoms with Crippen molar-refractivity contribution in [1.82, 2.24) is 19.5 Å². The van der Waals surface area contributed by atoms with Crippen LogP contribution >= 0.6 is 0 Å². The van der Waals surface area contributed by atoms with E-state index in [1.807, 2.05) is 78.7 Å². The molecule has 0 aliphatic carbocycles. The Morgan fingerprint density at radius 2 is 1.68 bits per heavy atom. The number of ether oxygens (including phenoxy) is 1. The third-order valence-electron chi connectivity index (χ3n) is 5.93. The Labute approximate surface area is 201 Å². The summed E-state index contributed by atoms with van der Waals surface area (Å²) < 4.78 is 7.63. The van der Waals surface area contributed by atoms with Gasteiger partial charge in [0.25, 0.3) is 0 Å². The zero-order chi connectivity index (χ0) is 24.1. The third kappa shape index (κ3) is 4.81. The largest absolute Gasteiger partial charge is 0.494 e. The van der Waals surface area contributed by atoms with Gasteiger partial charge < -0.3 is 9.64 Å². The van der Waals surface area contributed by atoms with Gasteiger partial charge in [-0.1, -0.05) is 37.3 Å². The number of carbonyl (C=O) groups excluding carboxylic acids is 1. The average Bonchev–Trinajstić information content (AvgIpc) is 3.21. The zero-order valence-corrected chi connectivity index (χ0v) is 20.4. The van der Waals surface area contributed by atoms with Gasteiger partial charge in [0.2, 0.25) is 5.91 Å². The van der Waals surface area contributed by atoms with Crippen LogP contribution in [0.4, 0.5) is 0 Å². The molecule has 0 bridgehead atoms. The summed E-state index contributed by atoms with van der Waals surface area (Å²) in [4.78, 5) is 19.8. The predicted octanol–water partition coefficient (Wildman–Crippen LogP) is 5.57. The number of nitrogens with zero attached hydrogens (tertiary/aromatic N) is 4. The zero-order valence-electron chi connectivity index (χ0n) is 20.4. The predicted molar refractivity (Wildman–Crippen MR) is 136 cm³/mol. The summed E-state index contributed by atoms with van der Waals surface area (Å²) in [6, 6.07) is 20.1. The molecule has 0 N–H and O–H groups in total. The molecule has 1 amide bonds. The summed E-state index contributed by atoms with van der Waals surface area (Å²) in [6.45, 7) is 10.1. The number of fused-ring (bicyclic) bond motifs is 1. The summed E-state index contributed by atoms with van der Waals surface area (Å²) in [5.74, 6) is 0.905. The first-order valence-electron chi connectivity index (χ1n) is 12.0. The van der Waals surface area contributed by atoms with Crippen molar-refractivity contribution in [3.8, 4) is 28.3 Å². The number of rotatable bonds is 9. The van der Waals surface area contributed by atoms with Crippen molar-refractivity contribution in [1.29, 1.82) is 0 Å². The lowest BCUT2D eigenvalue weighted by molar-refractivity contribution is -0.130. The van der Waals surface area contributed by atoms with E-state index in [9.17, 15) is 4.79 Å². The molecule has 0 radical (unpaired) electrons. The molecule has 0 aliphatic heterocycles. The molecule has 6 nitrogen and oxygen atoms in total. The van der Waals surface area contributed by atoms with E-state index >= 15 is 0 Å². The first-order valence-corrected chi connectivity index (χ1v) is 12.0. The highest BCUT2D eigenvalue weighted by atomic mass is 16.5. The van der Waals surface area contributed by atoms with E-state index < -0.39 is 0 Å². The highest BCUT2D eigenvalue weighted by Gasteiger charge is 2.23. The minimum atomic E-state index is 0.0774. The van der Waals surface area contributed by atoms with E-state index in [0.29, 0.717) is 19.7 Å². The Morgan fingerprint density at radius 3 is 2.32 bits per heavy atom. The minimum absolute atomic E-state index is 0.0774. The summed E-state index contributed by atoms with van der Waals surface area (Å²) in [7, 11) is 0. The third-order valence-corrected chi connectivity index (χ3v) is 5.93. The van der Waals surface area contributed by atoms with Crippen LogP contribution in [0.2, 0.25) is 0 Å². The van der Waals surface area contributed by atoms with Crippen LogP contribution in [-0.2, 0) is 11.2 Å². The van der Waals surface area contributed by atoms with Gasteiger partial charge in [0.15, 0.2) is 5.65 Å². The average molecular weight is 457 g/mol. The maximum Gasteiger partial charge on any atom is 0.227 e. The van der Waals surface area contributed by atoms with Gasteiger partial charge in [0, 0.05) is 35.5 Å². The molecule has 0 aliphatic rings. The molecule has 2 aromatic heterocycles. The summed E-state index contributed by atoms with van der Waals surface area (Å²) >= 11 is 0. The fourth-order valence-electron chi connectivity index (χ4n) is 4.16. The van der Waals surface area contributed by atoms with E-state index in [-0.39, 0.29) is 12.3 Å². The number of aromatic nitrogens is 3. The van der Waals surface area contributed by atoms with Crippen LogP contribution in [0.5, 0.6) is 5.75 Å². The molecular weight excluding hydrogens is 424 g/mol. The normalized spacial score (nSPS) is 11.1. The van der Waals surface area contributed by atoms with E-state index in [2.05, 4.69) is 19.1 Å². The maximum absolute atomic E-state index is 13.2. The smallest absolute Gasteiger partial charge is 0.227 e. The number of likely N-dealkylation sites (N-methyl/N-ethyl adjacent to an activating group) is 1. The Kier molecular flexibility index (Phi) is 7.26. The van der Waals surface area contributed by atoms with Crippen LogP contribution in [0.25, 0.3) is 28.2 Å². The van der Waals surface area contributed by atoms with Crippen molar-refractivity contribution >= 4 is 11.6 Å². The first-order chi connectivity index (χ1) is 16.5. The molecular formula is C28H32N4O2. The lowest BCUT2D eigenvalue weighted by Gasteiger charge is -2.18. The fourth-order valence-corrected chi connectivity index (χ4v) is 4.16. The van der Waals surface area contributed by atoms with E-state index in [4.69, 9.17) is 14.8 Å². The molecule has 4 aromatic rings. The SMILES string of the molecule is CCCOc1ccc(-c2nn3c(-c4ccccc4)cc(C)nc3c2CC(=O)N(CC)CC)cc1. The van der Waals surface area contributed by atoms with Gasteiger partial charge in [-0.3, -0.25) is 4.79 Å². The number of carbonyl (C=O) groups is 1. The second-order valence-corrected chi connectivity index (χ2v) is 8.33. The van der Waals surface area contributed by atoms with Gasteiger partial charge in [-0.05, 0) is 57.5 Å². The number of amides is 1. The van der Waals surface area contributed by atoms with Gasteiger partial charge in [-0.2, -0.15) is 5.10 Å². The lowest BCUT2D eigenvalue weighted by atomic mass is 10.0. The van der Waals surface area contributed by atoms with Gasteiger partial charge in [0.05, 0.1) is 24.4 Å². The number of hydrogen-bond acceptors (Lipinski definition) is 4. The second kappa shape index (κ2) is 10.5. The van der Waals surface area contributed by atoms with E-state index in [1.165, 1.54) is 0 Å². The molecule has 34 heavy (non-hydrogen) atoms. The first kappa shape index (κ1) is 23.5. The molecule has 0 atom stereocenters. The quantitative estimate of drug-likeness (QED) is 0.330. The molecule has 0 saturated heterocycles. The standard InChI is InChI=1S/C28H32N4O2/c1-5-17-34-23-15-13-22(14-16-23)27-24(19-26(33)31(6-2)7-3)28-29-20(4)18-25(32(28)30-27)21-11-9-8-10-12-21/h8-16,18H,5-7,17,19H2,1-4H3. The van der Waals surface area contributed by atoms with Crippen LogP contribution in [-0.4, -0.2) is 45.1 Å². The van der Waals surface area contributed by atoms with Crippen molar-refractivity contribution in [2.75, 3.05) is 19.7 Å². The summed E-state index contributed by atoms with van der Waals surface area (Å²) in [5.41, 5.74) is 6.18. The van der Waals surface area contributed by atoms with E-state index in [0.717, 1.165) is 51.6 Å². The molecule has 176 valence electrons. The highest BCUT2D eigenvalue weighted by molar-refractivity contribution is 5.85. The van der Waals surface area contributed by atoms with Crippen LogP contribution in [0.1, 0.15) is 38.4 Å². The molecule has 0 fully saturated rings. The maximum atomic E-state index is 13.2. The molecule has 0 unspecified atom stereocenters. The van der Waals surface area contributed by atoms with Gasteiger partial charge in [0.1, 0.15) is 5.75 Å². The second-order valence-electron chi connectivity index (χ2n) is 8.33. The van der Waals surface area contributed by atoms with Crippen molar-refractivity contribution in [2.24, 2.45) is 0 Å². The van der Waals surface area contributed by atoms with Crippen molar-refractivity contribution in [3.63, 3.8) is 0 Å². The minimum Gasteiger partial charge on any atom is -0.494 e. The number of benzene rings is 2. The molecule has 0 saturated carbocycles. The molecule has 0 spiro atoms. The van der Waals surface area contributed by atoms with Gasteiger partial charge in [-0.25, -0.2) is 9.50 Å². The number of aryl methyl sites for hydroxylation is 1. The Bertz CT molecular complexity index is 1260. The van der Waals surface area contributed by atoms with Crippen LogP contribution < -0.4 is 4.74 Å². The van der Waals surface area contributed by atoms with Crippen LogP contribution in [0.3, 0.4) is 0 Å². The van der Waals surface area contributed by atoms with Crippen LogP contribution in [0, 0.1) is 6.92 Å².